The van der Waals surface area contributed by atoms with Gasteiger partial charge in [0.05, 0.1) is 16.6 Å². The molecule has 1 aromatic heterocycles. The number of anilines is 1. The molecule has 5 nitrogen and oxygen atoms in total. The van der Waals surface area contributed by atoms with Gasteiger partial charge in [0, 0.05) is 24.4 Å². The molecule has 0 fully saturated rings. The number of carbonyl (C=O) groups excluding carboxylic acids is 1. The summed E-state index contributed by atoms with van der Waals surface area (Å²) in [5.41, 5.74) is 9.12. The zero-order valence-electron chi connectivity index (χ0n) is 17.0. The number of nitrogens with one attached hydrogen (secondary N) is 1. The van der Waals surface area contributed by atoms with Crippen LogP contribution in [0.1, 0.15) is 32.3 Å². The molecule has 29 heavy (non-hydrogen) atoms. The Labute approximate surface area is 182 Å². The molecule has 1 atom stereocenters. The molecule has 8 heteroatoms. The van der Waals surface area contributed by atoms with Crippen molar-refractivity contribution in [3.63, 3.8) is 0 Å². The Morgan fingerprint density at radius 2 is 1.93 bits per heavy atom. The van der Waals surface area contributed by atoms with Crippen LogP contribution < -0.4 is 11.1 Å². The summed E-state index contributed by atoms with van der Waals surface area (Å²) in [4.78, 5) is 17.1. The number of fused-ring (bicyclic) bond motifs is 1. The lowest BCUT2D eigenvalue weighted by atomic mass is 9.96. The minimum atomic E-state index is -0.924. The number of rotatable bonds is 5. The smallest absolute Gasteiger partial charge is 0.244 e. The first-order valence-corrected chi connectivity index (χ1v) is 9.06. The van der Waals surface area contributed by atoms with Crippen molar-refractivity contribution < 1.29 is 9.18 Å². The molecule has 0 aliphatic heterocycles. The predicted molar refractivity (Wildman–Crippen MR) is 121 cm³/mol. The Bertz CT molecular complexity index is 1020. The highest BCUT2D eigenvalue weighted by molar-refractivity contribution is 5.98. The second-order valence-corrected chi connectivity index (χ2v) is 7.28. The monoisotopic (exact) mass is 440 g/mol. The van der Waals surface area contributed by atoms with Crippen LogP contribution in [0, 0.1) is 12.7 Å². The van der Waals surface area contributed by atoms with Crippen LogP contribution in [0.3, 0.4) is 0 Å². The van der Waals surface area contributed by atoms with E-state index in [1.54, 1.807) is 13.0 Å². The molecule has 3 rings (SSSR count). The van der Waals surface area contributed by atoms with Gasteiger partial charge in [-0.25, -0.2) is 9.37 Å². The summed E-state index contributed by atoms with van der Waals surface area (Å²) < 4.78 is 15.4. The number of amides is 1. The summed E-state index contributed by atoms with van der Waals surface area (Å²) in [6, 6.07) is 10.3. The van der Waals surface area contributed by atoms with E-state index in [-0.39, 0.29) is 36.5 Å². The number of nitrogens with two attached hydrogens (primary N) is 1. The molecular formula is C21H27Cl2FN4O. The van der Waals surface area contributed by atoms with E-state index in [1.165, 1.54) is 12.1 Å². The quantitative estimate of drug-likeness (QED) is 0.586. The van der Waals surface area contributed by atoms with Crippen LogP contribution in [0.15, 0.2) is 36.4 Å². The maximum absolute atomic E-state index is 13.5. The molecular weight excluding hydrogens is 414 g/mol. The number of halogens is 3. The number of aromatic nitrogens is 2. The van der Waals surface area contributed by atoms with E-state index in [0.29, 0.717) is 23.4 Å². The summed E-state index contributed by atoms with van der Waals surface area (Å²) in [5.74, 6) is 0.175. The molecule has 0 saturated carbocycles. The lowest BCUT2D eigenvalue weighted by Gasteiger charge is -2.23. The summed E-state index contributed by atoms with van der Waals surface area (Å²) in [6.07, 6.45) is 1.43. The molecule has 0 aliphatic rings. The van der Waals surface area contributed by atoms with E-state index >= 15 is 0 Å². The third-order valence-corrected chi connectivity index (χ3v) is 4.87. The van der Waals surface area contributed by atoms with Gasteiger partial charge < -0.3 is 15.6 Å². The third kappa shape index (κ3) is 5.07. The van der Waals surface area contributed by atoms with Crippen molar-refractivity contribution in [2.75, 3.05) is 5.32 Å². The predicted octanol–water partition coefficient (Wildman–Crippen LogP) is 4.99. The third-order valence-electron chi connectivity index (χ3n) is 4.87. The normalized spacial score (nSPS) is 12.6. The second kappa shape index (κ2) is 9.57. The number of nitrogens with zero attached hydrogens (tertiary/aromatic N) is 2. The van der Waals surface area contributed by atoms with Gasteiger partial charge in [0.25, 0.3) is 0 Å². The van der Waals surface area contributed by atoms with E-state index in [0.717, 1.165) is 23.1 Å². The van der Waals surface area contributed by atoms with E-state index in [1.807, 2.05) is 43.7 Å². The molecule has 0 aliphatic carbocycles. The van der Waals surface area contributed by atoms with E-state index in [4.69, 9.17) is 5.73 Å². The first-order valence-electron chi connectivity index (χ1n) is 9.06. The molecule has 0 radical (unpaired) electrons. The number of aryl methyl sites for hydroxylation is 2. The van der Waals surface area contributed by atoms with Gasteiger partial charge in [0.15, 0.2) is 0 Å². The summed E-state index contributed by atoms with van der Waals surface area (Å²) in [7, 11) is 1.89. The summed E-state index contributed by atoms with van der Waals surface area (Å²) in [6.45, 7) is 5.67. The van der Waals surface area contributed by atoms with Gasteiger partial charge >= 0.3 is 0 Å². The van der Waals surface area contributed by atoms with E-state index in [9.17, 15) is 9.18 Å². The largest absolute Gasteiger partial charge is 0.327 e. The first kappa shape index (κ1) is 24.9. The first-order chi connectivity index (χ1) is 12.7. The lowest BCUT2D eigenvalue weighted by molar-refractivity contribution is -0.120. The summed E-state index contributed by atoms with van der Waals surface area (Å²) >= 11 is 0. The Balaban J connectivity index is 0.00000210. The maximum Gasteiger partial charge on any atom is 0.244 e. The van der Waals surface area contributed by atoms with Crippen molar-refractivity contribution >= 4 is 47.4 Å². The molecule has 2 aromatic carbocycles. The molecule has 1 amide bonds. The Morgan fingerprint density at radius 3 is 2.59 bits per heavy atom. The number of carbonyl (C=O) groups is 1. The van der Waals surface area contributed by atoms with Crippen LogP contribution >= 0.6 is 24.8 Å². The number of imidazole rings is 1. The van der Waals surface area contributed by atoms with Crippen LogP contribution in [0.4, 0.5) is 10.1 Å². The molecule has 3 aromatic rings. The molecule has 158 valence electrons. The number of hydrogen-bond donors (Lipinski definition) is 2. The highest BCUT2D eigenvalue weighted by Crippen LogP contribution is 2.28. The Morgan fingerprint density at radius 1 is 1.24 bits per heavy atom. The van der Waals surface area contributed by atoms with Crippen molar-refractivity contribution in [1.29, 1.82) is 0 Å². The van der Waals surface area contributed by atoms with Crippen LogP contribution in [0.2, 0.25) is 0 Å². The zero-order valence-corrected chi connectivity index (χ0v) is 18.6. The van der Waals surface area contributed by atoms with Crippen molar-refractivity contribution in [2.45, 2.75) is 39.2 Å². The van der Waals surface area contributed by atoms with E-state index in [2.05, 4.69) is 10.3 Å². The maximum atomic E-state index is 13.5. The van der Waals surface area contributed by atoms with Gasteiger partial charge in [-0.15, -0.1) is 24.8 Å². The summed E-state index contributed by atoms with van der Waals surface area (Å²) in [5, 5.41) is 2.95. The Hall–Kier alpha value is -2.15. The van der Waals surface area contributed by atoms with Crippen molar-refractivity contribution in [2.24, 2.45) is 12.8 Å². The average molecular weight is 441 g/mol. The van der Waals surface area contributed by atoms with Gasteiger partial charge in [-0.05, 0) is 44.0 Å². The van der Waals surface area contributed by atoms with Gasteiger partial charge in [-0.1, -0.05) is 25.5 Å². The van der Waals surface area contributed by atoms with Crippen LogP contribution in [0.5, 0.6) is 0 Å². The van der Waals surface area contributed by atoms with Gasteiger partial charge in [0.2, 0.25) is 5.91 Å². The molecule has 0 spiro atoms. The van der Waals surface area contributed by atoms with E-state index < -0.39 is 5.54 Å². The SMILES string of the molecule is CCCC(C)(N)C(=O)Nc1cc(-c2nc3cc(F)ccc3n2C)ccc1C.Cl.Cl. The zero-order chi connectivity index (χ0) is 19.8. The fourth-order valence-electron chi connectivity index (χ4n) is 3.22. The molecule has 0 bridgehead atoms. The van der Waals surface area contributed by atoms with Crippen LogP contribution in [-0.4, -0.2) is 21.0 Å². The second-order valence-electron chi connectivity index (χ2n) is 7.28. The number of benzene rings is 2. The Kier molecular flexibility index (Phi) is 8.21. The fourth-order valence-corrected chi connectivity index (χ4v) is 3.22. The van der Waals surface area contributed by atoms with Crippen molar-refractivity contribution in [1.82, 2.24) is 9.55 Å². The fraction of sp³-hybridized carbons (Fsp3) is 0.333. The highest BCUT2D eigenvalue weighted by Gasteiger charge is 2.27. The number of hydrogen-bond acceptors (Lipinski definition) is 3. The van der Waals surface area contributed by atoms with Crippen LogP contribution in [0.25, 0.3) is 22.4 Å². The molecule has 1 heterocycles. The van der Waals surface area contributed by atoms with Crippen LogP contribution in [-0.2, 0) is 11.8 Å². The van der Waals surface area contributed by atoms with Gasteiger partial charge in [0.1, 0.15) is 11.6 Å². The van der Waals surface area contributed by atoms with Gasteiger partial charge in [-0.2, -0.15) is 0 Å². The minimum absolute atomic E-state index is 0. The highest BCUT2D eigenvalue weighted by atomic mass is 35.5. The molecule has 0 saturated heterocycles. The van der Waals surface area contributed by atoms with Gasteiger partial charge in [-0.3, -0.25) is 4.79 Å². The average Bonchev–Trinajstić information content (AvgIpc) is 2.92. The minimum Gasteiger partial charge on any atom is -0.327 e. The van der Waals surface area contributed by atoms with Crippen molar-refractivity contribution in [3.8, 4) is 11.4 Å². The lowest BCUT2D eigenvalue weighted by Crippen LogP contribution is -2.48. The standard InChI is InChI=1S/C21H25FN4O.2ClH/c1-5-10-21(3,23)20(27)25-16-11-14(7-6-13(16)2)19-24-17-12-15(22)8-9-18(17)26(19)4;;/h6-9,11-12H,5,10,23H2,1-4H3,(H,25,27);2*1H. The molecule has 3 N–H and O–H groups in total. The molecule has 1 unspecified atom stereocenters. The topological polar surface area (TPSA) is 72.9 Å². The van der Waals surface area contributed by atoms with Crippen molar-refractivity contribution in [3.05, 3.63) is 47.8 Å².